The number of carboxylic acids is 4. The summed E-state index contributed by atoms with van der Waals surface area (Å²) in [5.41, 5.74) is 0. The van der Waals surface area contributed by atoms with E-state index in [0.29, 0.717) is 0 Å². The Hall–Kier alpha value is -1.05. The van der Waals surface area contributed by atoms with E-state index < -0.39 is 31.2 Å². The Labute approximate surface area is 128 Å². The van der Waals surface area contributed by atoms with E-state index in [1.165, 1.54) is 0 Å². The molecule has 0 aliphatic carbocycles. The second-order valence-electron chi connectivity index (χ2n) is 1.55. The van der Waals surface area contributed by atoms with Crippen molar-refractivity contribution >= 4 is 31.2 Å². The van der Waals surface area contributed by atoms with Crippen LogP contribution in [0.15, 0.2) is 0 Å². The Morgan fingerprint density at radius 3 is 0.737 bits per heavy atom. The molecule has 0 saturated carbocycles. The fraction of sp³-hybridized carbons (Fsp3) is 0. The van der Waals surface area contributed by atoms with Crippen LogP contribution in [0.1, 0.15) is 0 Å². The van der Waals surface area contributed by atoms with Gasteiger partial charge in [-0.05, 0) is 0 Å². The molecular weight excluding hydrogens is 268 g/mol. The van der Waals surface area contributed by atoms with Crippen molar-refractivity contribution in [1.82, 2.24) is 0 Å². The summed E-state index contributed by atoms with van der Waals surface area (Å²) < 4.78 is 0. The molecule has 15 heteroatoms. The first-order chi connectivity index (χ1) is 7.02. The van der Waals surface area contributed by atoms with Crippen LogP contribution in [0.2, 0.25) is 0 Å². The smallest absolute Gasteiger partial charge is 1.00 e. The molecule has 0 fully saturated rings. The average Bonchev–Trinajstić information content (AvgIpc) is 2.03. The molecule has 0 aromatic rings. The van der Waals surface area contributed by atoms with Crippen LogP contribution in [0.4, 0.5) is 0 Å². The van der Waals surface area contributed by atoms with Crippen molar-refractivity contribution in [2.75, 3.05) is 0 Å². The van der Waals surface area contributed by atoms with Crippen LogP contribution >= 0.6 is 0 Å². The van der Waals surface area contributed by atoms with Gasteiger partial charge in [-0.3, -0.25) is 0 Å². The third kappa shape index (κ3) is 78.4. The molecule has 0 aromatic heterocycles. The van der Waals surface area contributed by atoms with Gasteiger partial charge in [0.1, 0.15) is 0 Å². The Morgan fingerprint density at radius 1 is 0.684 bits per heavy atom. The third-order valence-electron chi connectivity index (χ3n) is 0.366. The molecule has 0 bridgehead atoms. The summed E-state index contributed by atoms with van der Waals surface area (Å²) in [4.78, 5) is 36.4. The molecule has 0 spiro atoms. The zero-order valence-corrected chi connectivity index (χ0v) is 9.68. The molecule has 6 N–H and O–H groups in total. The second-order valence-corrected chi connectivity index (χ2v) is 1.55. The van der Waals surface area contributed by atoms with Crippen LogP contribution in [-0.4, -0.2) is 61.7 Å². The van der Waals surface area contributed by atoms with E-state index in [1.807, 2.05) is 0 Å². The molecule has 0 rings (SSSR count). The minimum atomic E-state index is -2.42. The van der Waals surface area contributed by atoms with Gasteiger partial charge in [-0.25, -0.2) is 19.2 Å². The van der Waals surface area contributed by atoms with Crippen molar-refractivity contribution < 1.29 is 97.1 Å². The number of carbonyl (C=O) groups is 4. The third-order valence-corrected chi connectivity index (χ3v) is 0.366. The number of rotatable bonds is 0. The van der Waals surface area contributed by atoms with E-state index in [4.69, 9.17) is 54.7 Å². The molecule has 0 aliphatic rings. The van der Waals surface area contributed by atoms with Crippen LogP contribution in [0.3, 0.4) is 0 Å². The first kappa shape index (κ1) is 36.1. The van der Waals surface area contributed by atoms with E-state index in [2.05, 4.69) is 0 Å². The number of carboxylic acid groups (broad SMARTS) is 4. The number of hydrogen-bond acceptors (Lipinski definition) is 7. The summed E-state index contributed by atoms with van der Waals surface area (Å²) in [5, 5.41) is 52.3. The van der Waals surface area contributed by atoms with Gasteiger partial charge in [-0.15, -0.1) is 0 Å². The molecule has 0 atom stereocenters. The Morgan fingerprint density at radius 2 is 0.737 bits per heavy atom. The van der Waals surface area contributed by atoms with E-state index in [0.717, 1.165) is 0 Å². The van der Waals surface area contributed by atoms with Crippen molar-refractivity contribution in [3.05, 3.63) is 0 Å². The Balaban J connectivity index is -0.0000000315. The molecule has 0 heterocycles. The summed E-state index contributed by atoms with van der Waals surface area (Å²) in [6.07, 6.45) is 0. The maximum absolute atomic E-state index is 9.10. The van der Waals surface area contributed by atoms with Crippen molar-refractivity contribution in [2.45, 2.75) is 0 Å². The minimum Gasteiger partial charge on any atom is -1.00 e. The van der Waals surface area contributed by atoms with E-state index >= 15 is 0 Å². The molecule has 0 aromatic carbocycles. The van der Waals surface area contributed by atoms with Gasteiger partial charge in [0.15, 0.2) is 0 Å². The fourth-order valence-electron chi connectivity index (χ4n) is 0. The summed E-state index contributed by atoms with van der Waals surface area (Å²) in [6.45, 7) is 0. The van der Waals surface area contributed by atoms with Crippen molar-refractivity contribution in [1.29, 1.82) is 0 Å². The summed E-state index contributed by atoms with van der Waals surface area (Å²) in [5.74, 6) is -7.30. The maximum atomic E-state index is 9.10. The van der Waals surface area contributed by atoms with Gasteiger partial charge in [0.2, 0.25) is 0 Å². The van der Waals surface area contributed by atoms with Crippen molar-refractivity contribution in [3.63, 3.8) is 0 Å². The van der Waals surface area contributed by atoms with Gasteiger partial charge in [0, 0.05) is 0 Å². The first-order valence-corrected chi connectivity index (χ1v) is 2.96. The molecule has 0 amide bonds. The molecular formula is C4H6BFLi2O11. The predicted octanol–water partition coefficient (Wildman–Crippen LogP) is -13.4. The summed E-state index contributed by atoms with van der Waals surface area (Å²) in [6, 6.07) is 0. The zero-order valence-electron chi connectivity index (χ0n) is 9.68. The Bertz CT molecular complexity index is 221. The molecule has 0 unspecified atom stereocenters. The second kappa shape index (κ2) is 22.2. The average molecular weight is 274 g/mol. The maximum Gasteiger partial charge on any atom is 1.00 e. The monoisotopic (exact) mass is 274 g/mol. The molecule has 19 heavy (non-hydrogen) atoms. The zero-order chi connectivity index (χ0) is 13.9. The van der Waals surface area contributed by atoms with Gasteiger partial charge in [-0.2, -0.15) is 0 Å². The molecule has 11 nitrogen and oxygen atoms in total. The molecule has 0 saturated heterocycles. The van der Waals surface area contributed by atoms with Gasteiger partial charge in [-0.1, -0.05) is 0 Å². The molecule has 0 radical (unpaired) electrons. The normalized spacial score (nSPS) is 6.05. The van der Waals surface area contributed by atoms with E-state index in [-0.39, 0.29) is 42.4 Å². The summed E-state index contributed by atoms with van der Waals surface area (Å²) in [7, 11) is -2.42. The van der Waals surface area contributed by atoms with E-state index in [1.54, 1.807) is 0 Å². The van der Waals surface area contributed by atoms with E-state index in [9.17, 15) is 0 Å². The SMILES string of the molecule is O=C(O)C(=O)O.O=C(O)C(=O)O.[F-].[Li+].[Li+].[O-]B(O)O. The van der Waals surface area contributed by atoms with Gasteiger partial charge in [0.25, 0.3) is 0 Å². The molecule has 100 valence electrons. The van der Waals surface area contributed by atoms with Crippen LogP contribution in [0.5, 0.6) is 0 Å². The largest absolute Gasteiger partial charge is 1.00 e. The van der Waals surface area contributed by atoms with Gasteiger partial charge in [0.05, 0.1) is 0 Å². The number of aliphatic carboxylic acids is 4. The molecule has 0 aliphatic heterocycles. The standard InChI is InChI=1S/2C2H2O4.BH2O3.FH.2Li/c2*3-1(4)2(5)6;2-1(3)4;;;/h2*(H,3,4)(H,5,6);2-3H;1H;;/q;;-1;;2*+1/p-1. The quantitative estimate of drug-likeness (QED) is 0.180. The minimum absolute atomic E-state index is 0. The summed E-state index contributed by atoms with van der Waals surface area (Å²) >= 11 is 0. The van der Waals surface area contributed by atoms with Crippen LogP contribution in [-0.2, 0) is 19.2 Å². The van der Waals surface area contributed by atoms with Crippen LogP contribution < -0.4 is 47.4 Å². The first-order valence-electron chi connectivity index (χ1n) is 2.96. The van der Waals surface area contributed by atoms with Crippen molar-refractivity contribution in [2.24, 2.45) is 0 Å². The van der Waals surface area contributed by atoms with Crippen LogP contribution in [0.25, 0.3) is 0 Å². The number of halogens is 1. The van der Waals surface area contributed by atoms with Gasteiger partial charge < -0.3 is 40.2 Å². The predicted molar refractivity (Wildman–Crippen MR) is 40.7 cm³/mol. The van der Waals surface area contributed by atoms with Crippen molar-refractivity contribution in [3.8, 4) is 0 Å². The van der Waals surface area contributed by atoms with Gasteiger partial charge >= 0.3 is 68.9 Å². The van der Waals surface area contributed by atoms with Crippen LogP contribution in [0, 0.1) is 0 Å². The Kier molecular flexibility index (Phi) is 42.1. The topological polar surface area (TPSA) is 213 Å². The number of hydrogen-bond donors (Lipinski definition) is 6. The fourth-order valence-corrected chi connectivity index (χ4v) is 0.